The number of aliphatic hydroxyl groups is 1. The minimum Gasteiger partial charge on any atom is -0.493 e. The summed E-state index contributed by atoms with van der Waals surface area (Å²) in [4.78, 5) is 0. The summed E-state index contributed by atoms with van der Waals surface area (Å²) >= 11 is 6.15. The van der Waals surface area contributed by atoms with Gasteiger partial charge in [0.2, 0.25) is 0 Å². The fourth-order valence-electron chi connectivity index (χ4n) is 2.31. The summed E-state index contributed by atoms with van der Waals surface area (Å²) in [6.07, 6.45) is 1.79. The van der Waals surface area contributed by atoms with Crippen molar-refractivity contribution in [3.63, 3.8) is 0 Å². The molecule has 2 N–H and O–H groups in total. The van der Waals surface area contributed by atoms with Crippen molar-refractivity contribution in [3.8, 4) is 11.5 Å². The van der Waals surface area contributed by atoms with Gasteiger partial charge in [-0.05, 0) is 43.1 Å². The molecule has 2 aromatic rings. The topological polar surface area (TPSA) is 50.7 Å². The van der Waals surface area contributed by atoms with E-state index in [-0.39, 0.29) is 6.61 Å². The van der Waals surface area contributed by atoms with Crippen LogP contribution in [0, 0.1) is 0 Å². The van der Waals surface area contributed by atoms with Crippen LogP contribution in [0.1, 0.15) is 24.0 Å². The summed E-state index contributed by atoms with van der Waals surface area (Å²) in [7, 11) is 1.64. The molecular weight excluding hydrogens is 326 g/mol. The zero-order valence-corrected chi connectivity index (χ0v) is 14.7. The Morgan fingerprint density at radius 2 is 1.92 bits per heavy atom. The molecule has 130 valence electrons. The van der Waals surface area contributed by atoms with Gasteiger partial charge in [0.05, 0.1) is 7.11 Å². The molecule has 2 aromatic carbocycles. The number of aliphatic hydroxyl groups excluding tert-OH is 1. The minimum atomic E-state index is 0.243. The fraction of sp³-hybridized carbons (Fsp3) is 0.368. The van der Waals surface area contributed by atoms with Gasteiger partial charge in [0, 0.05) is 23.7 Å². The van der Waals surface area contributed by atoms with Crippen LogP contribution >= 0.6 is 11.6 Å². The molecule has 0 spiro atoms. The number of ether oxygens (including phenoxy) is 2. The van der Waals surface area contributed by atoms with Crippen molar-refractivity contribution in [2.24, 2.45) is 0 Å². The maximum Gasteiger partial charge on any atom is 0.161 e. The molecule has 0 aliphatic heterocycles. The highest BCUT2D eigenvalue weighted by Gasteiger charge is 2.07. The largest absolute Gasteiger partial charge is 0.493 e. The maximum atomic E-state index is 8.76. The Morgan fingerprint density at radius 1 is 1.08 bits per heavy atom. The third kappa shape index (κ3) is 5.71. The van der Waals surface area contributed by atoms with E-state index < -0.39 is 0 Å². The summed E-state index contributed by atoms with van der Waals surface area (Å²) in [5.74, 6) is 1.40. The molecule has 0 aliphatic carbocycles. The van der Waals surface area contributed by atoms with Crippen LogP contribution in [0.25, 0.3) is 0 Å². The van der Waals surface area contributed by atoms with Gasteiger partial charge >= 0.3 is 0 Å². The van der Waals surface area contributed by atoms with Crippen LogP contribution in [0.5, 0.6) is 11.5 Å². The Kier molecular flexibility index (Phi) is 7.89. The van der Waals surface area contributed by atoms with Gasteiger partial charge in [-0.2, -0.15) is 0 Å². The lowest BCUT2D eigenvalue weighted by Gasteiger charge is -2.13. The molecule has 5 heteroatoms. The van der Waals surface area contributed by atoms with Gasteiger partial charge in [-0.15, -0.1) is 0 Å². The Morgan fingerprint density at radius 3 is 2.67 bits per heavy atom. The molecule has 0 heterocycles. The lowest BCUT2D eigenvalue weighted by atomic mass is 10.2. The molecular formula is C19H24ClNO3. The number of unbranched alkanes of at least 4 members (excludes halogenated alkanes) is 1. The molecule has 0 atom stereocenters. The second kappa shape index (κ2) is 10.2. The minimum absolute atomic E-state index is 0.243. The van der Waals surface area contributed by atoms with E-state index >= 15 is 0 Å². The number of nitrogens with one attached hydrogen (secondary N) is 1. The zero-order valence-electron chi connectivity index (χ0n) is 13.9. The van der Waals surface area contributed by atoms with Gasteiger partial charge < -0.3 is 19.9 Å². The SMILES string of the molecule is COc1cc(CNCCCCO)ccc1OCc1ccccc1Cl. The first-order valence-corrected chi connectivity index (χ1v) is 8.47. The molecule has 0 radical (unpaired) electrons. The van der Waals surface area contributed by atoms with Gasteiger partial charge in [-0.25, -0.2) is 0 Å². The van der Waals surface area contributed by atoms with Crippen LogP contribution in [-0.2, 0) is 13.2 Å². The van der Waals surface area contributed by atoms with Gasteiger partial charge in [0.25, 0.3) is 0 Å². The predicted octanol–water partition coefficient (Wildman–Crippen LogP) is 3.79. The first kappa shape index (κ1) is 18.6. The third-order valence-corrected chi connectivity index (χ3v) is 4.03. The Labute approximate surface area is 148 Å². The average molecular weight is 350 g/mol. The Balaban J connectivity index is 1.92. The van der Waals surface area contributed by atoms with E-state index in [1.807, 2.05) is 42.5 Å². The van der Waals surface area contributed by atoms with Gasteiger partial charge in [0.15, 0.2) is 11.5 Å². The van der Waals surface area contributed by atoms with E-state index in [1.54, 1.807) is 7.11 Å². The van der Waals surface area contributed by atoms with Gasteiger partial charge in [-0.3, -0.25) is 0 Å². The van der Waals surface area contributed by atoms with Crippen molar-refractivity contribution >= 4 is 11.6 Å². The van der Waals surface area contributed by atoms with Gasteiger partial charge in [-0.1, -0.05) is 35.9 Å². The summed E-state index contributed by atoms with van der Waals surface area (Å²) < 4.78 is 11.3. The van der Waals surface area contributed by atoms with Crippen LogP contribution in [0.4, 0.5) is 0 Å². The van der Waals surface area contributed by atoms with Crippen LogP contribution in [-0.4, -0.2) is 25.4 Å². The number of rotatable bonds is 10. The van der Waals surface area contributed by atoms with E-state index in [4.69, 9.17) is 26.2 Å². The molecule has 0 aromatic heterocycles. The van der Waals surface area contributed by atoms with Crippen molar-refractivity contribution in [1.82, 2.24) is 5.32 Å². The highest BCUT2D eigenvalue weighted by molar-refractivity contribution is 6.31. The first-order valence-electron chi connectivity index (χ1n) is 8.09. The highest BCUT2D eigenvalue weighted by Crippen LogP contribution is 2.29. The fourth-order valence-corrected chi connectivity index (χ4v) is 2.50. The number of benzene rings is 2. The molecule has 0 saturated carbocycles. The van der Waals surface area contributed by atoms with Crippen molar-refractivity contribution in [2.45, 2.75) is 26.0 Å². The Bertz CT molecular complexity index is 634. The standard InChI is InChI=1S/C19H24ClNO3/c1-23-19-12-15(13-21-10-4-5-11-22)8-9-18(19)24-14-16-6-2-3-7-17(16)20/h2-3,6-9,12,21-22H,4-5,10-11,13-14H2,1H3. The molecule has 24 heavy (non-hydrogen) atoms. The summed E-state index contributed by atoms with van der Waals surface area (Å²) in [5.41, 5.74) is 2.07. The number of hydrogen-bond donors (Lipinski definition) is 2. The van der Waals surface area contributed by atoms with E-state index in [1.165, 1.54) is 0 Å². The van der Waals surface area contributed by atoms with E-state index in [9.17, 15) is 0 Å². The Hall–Kier alpha value is -1.75. The lowest BCUT2D eigenvalue weighted by Crippen LogP contribution is -2.15. The second-order valence-electron chi connectivity index (χ2n) is 5.47. The normalized spacial score (nSPS) is 10.6. The lowest BCUT2D eigenvalue weighted by molar-refractivity contribution is 0.283. The van der Waals surface area contributed by atoms with Crippen LogP contribution < -0.4 is 14.8 Å². The summed E-state index contributed by atoms with van der Waals surface area (Å²) in [6.45, 7) is 2.28. The summed E-state index contributed by atoms with van der Waals surface area (Å²) in [5, 5.41) is 12.8. The third-order valence-electron chi connectivity index (χ3n) is 3.66. The van der Waals surface area contributed by atoms with E-state index in [0.29, 0.717) is 23.1 Å². The predicted molar refractivity (Wildman–Crippen MR) is 96.8 cm³/mol. The molecule has 0 fully saturated rings. The number of methoxy groups -OCH3 is 1. The van der Waals surface area contributed by atoms with Crippen LogP contribution in [0.15, 0.2) is 42.5 Å². The van der Waals surface area contributed by atoms with E-state index in [2.05, 4.69) is 5.32 Å². The second-order valence-corrected chi connectivity index (χ2v) is 5.88. The van der Waals surface area contributed by atoms with Gasteiger partial charge in [0.1, 0.15) is 6.61 Å². The monoisotopic (exact) mass is 349 g/mol. The molecule has 0 amide bonds. The molecule has 4 nitrogen and oxygen atoms in total. The van der Waals surface area contributed by atoms with Crippen molar-refractivity contribution < 1.29 is 14.6 Å². The van der Waals surface area contributed by atoms with Crippen LogP contribution in [0.3, 0.4) is 0 Å². The van der Waals surface area contributed by atoms with Crippen LogP contribution in [0.2, 0.25) is 5.02 Å². The molecule has 2 rings (SSSR count). The number of hydrogen-bond acceptors (Lipinski definition) is 4. The molecule has 0 saturated heterocycles. The highest BCUT2D eigenvalue weighted by atomic mass is 35.5. The molecule has 0 bridgehead atoms. The van der Waals surface area contributed by atoms with E-state index in [0.717, 1.165) is 37.1 Å². The van der Waals surface area contributed by atoms with Crippen molar-refractivity contribution in [3.05, 3.63) is 58.6 Å². The molecule has 0 unspecified atom stereocenters. The maximum absolute atomic E-state index is 8.76. The van der Waals surface area contributed by atoms with Crippen molar-refractivity contribution in [1.29, 1.82) is 0 Å². The summed E-state index contributed by atoms with van der Waals surface area (Å²) in [6, 6.07) is 13.5. The van der Waals surface area contributed by atoms with Crippen molar-refractivity contribution in [2.75, 3.05) is 20.3 Å². The quantitative estimate of drug-likeness (QED) is 0.641. The average Bonchev–Trinajstić information content (AvgIpc) is 2.61. The first-order chi connectivity index (χ1) is 11.7. The smallest absolute Gasteiger partial charge is 0.161 e. The zero-order chi connectivity index (χ0) is 17.2. The number of halogens is 1. The molecule has 0 aliphatic rings.